The molecule has 1 heterocycles. The van der Waals surface area contributed by atoms with Gasteiger partial charge >= 0.3 is 0 Å². The minimum absolute atomic E-state index is 0.0920. The van der Waals surface area contributed by atoms with Gasteiger partial charge < -0.3 is 4.90 Å². The predicted octanol–water partition coefficient (Wildman–Crippen LogP) is 2.10. The van der Waals surface area contributed by atoms with E-state index in [2.05, 4.69) is 35.9 Å². The molecule has 5 heteroatoms. The Morgan fingerprint density at radius 2 is 2.14 bits per heavy atom. The Morgan fingerprint density at radius 3 is 2.50 bits per heavy atom. The standard InChI is InChI=1S/C9H18N4S/c1-6-9(2,3)13(5)7-10-11-8(14)12(7)4/h6H2,1-5H3,(H,11,14). The molecule has 0 unspecified atom stereocenters. The molecule has 0 aliphatic heterocycles. The fourth-order valence-corrected chi connectivity index (χ4v) is 1.27. The third kappa shape index (κ3) is 1.82. The van der Waals surface area contributed by atoms with Crippen LogP contribution < -0.4 is 4.90 Å². The van der Waals surface area contributed by atoms with Gasteiger partial charge in [0.15, 0.2) is 4.77 Å². The van der Waals surface area contributed by atoms with Crippen LogP contribution in [0.15, 0.2) is 0 Å². The van der Waals surface area contributed by atoms with Gasteiger partial charge in [0, 0.05) is 19.6 Å². The summed E-state index contributed by atoms with van der Waals surface area (Å²) in [4.78, 5) is 2.14. The minimum Gasteiger partial charge on any atom is -0.339 e. The molecule has 14 heavy (non-hydrogen) atoms. The second kappa shape index (κ2) is 3.73. The van der Waals surface area contributed by atoms with E-state index in [-0.39, 0.29) is 5.54 Å². The first-order chi connectivity index (χ1) is 6.40. The van der Waals surface area contributed by atoms with E-state index in [9.17, 15) is 0 Å². The van der Waals surface area contributed by atoms with E-state index in [1.165, 1.54) is 0 Å². The molecule has 0 amide bonds. The van der Waals surface area contributed by atoms with Gasteiger partial charge in [-0.3, -0.25) is 4.57 Å². The maximum absolute atomic E-state index is 5.07. The van der Waals surface area contributed by atoms with Crippen LogP contribution in [0.25, 0.3) is 0 Å². The number of aromatic amines is 1. The number of aromatic nitrogens is 3. The second-order valence-electron chi connectivity index (χ2n) is 4.11. The van der Waals surface area contributed by atoms with Crippen LogP contribution in [0.4, 0.5) is 5.95 Å². The number of hydrogen-bond acceptors (Lipinski definition) is 3. The van der Waals surface area contributed by atoms with E-state index in [4.69, 9.17) is 12.2 Å². The zero-order valence-electron chi connectivity index (χ0n) is 9.46. The lowest BCUT2D eigenvalue weighted by molar-refractivity contribution is 0.459. The average molecular weight is 214 g/mol. The van der Waals surface area contributed by atoms with E-state index >= 15 is 0 Å². The molecule has 0 bridgehead atoms. The molecule has 80 valence electrons. The summed E-state index contributed by atoms with van der Waals surface area (Å²) in [5.41, 5.74) is 0.0920. The molecular formula is C9H18N4S. The molecule has 0 aromatic carbocycles. The lowest BCUT2D eigenvalue weighted by atomic mass is 10.0. The van der Waals surface area contributed by atoms with Gasteiger partial charge in [0.2, 0.25) is 5.95 Å². The Hall–Kier alpha value is -0.840. The van der Waals surface area contributed by atoms with Crippen LogP contribution in [-0.2, 0) is 7.05 Å². The van der Waals surface area contributed by atoms with Gasteiger partial charge in [-0.2, -0.15) is 0 Å². The summed E-state index contributed by atoms with van der Waals surface area (Å²) < 4.78 is 2.53. The second-order valence-corrected chi connectivity index (χ2v) is 4.50. The van der Waals surface area contributed by atoms with Crippen molar-refractivity contribution in [3.63, 3.8) is 0 Å². The SMILES string of the molecule is CCC(C)(C)N(C)c1n[nH]c(=S)n1C. The van der Waals surface area contributed by atoms with Gasteiger partial charge in [-0.25, -0.2) is 5.10 Å². The van der Waals surface area contributed by atoms with E-state index in [0.29, 0.717) is 4.77 Å². The van der Waals surface area contributed by atoms with Gasteiger partial charge in [-0.05, 0) is 32.5 Å². The summed E-state index contributed by atoms with van der Waals surface area (Å²) >= 11 is 5.07. The van der Waals surface area contributed by atoms with Crippen molar-refractivity contribution in [2.24, 2.45) is 7.05 Å². The highest BCUT2D eigenvalue weighted by Crippen LogP contribution is 2.22. The molecule has 0 atom stereocenters. The molecule has 4 nitrogen and oxygen atoms in total. The van der Waals surface area contributed by atoms with Crippen LogP contribution >= 0.6 is 12.2 Å². The summed E-state index contributed by atoms with van der Waals surface area (Å²) in [6.45, 7) is 6.53. The quantitative estimate of drug-likeness (QED) is 0.783. The Kier molecular flexibility index (Phi) is 2.99. The van der Waals surface area contributed by atoms with E-state index in [1.54, 1.807) is 0 Å². The van der Waals surface area contributed by atoms with Gasteiger partial charge in [0.1, 0.15) is 0 Å². The molecule has 0 fully saturated rings. The van der Waals surface area contributed by atoms with Crippen molar-refractivity contribution in [3.8, 4) is 0 Å². The smallest absolute Gasteiger partial charge is 0.225 e. The van der Waals surface area contributed by atoms with Crippen LogP contribution in [0, 0.1) is 4.77 Å². The fourth-order valence-electron chi connectivity index (χ4n) is 1.15. The Morgan fingerprint density at radius 1 is 1.57 bits per heavy atom. The van der Waals surface area contributed by atoms with Crippen molar-refractivity contribution in [3.05, 3.63) is 4.77 Å². The maximum Gasteiger partial charge on any atom is 0.225 e. The van der Waals surface area contributed by atoms with Gasteiger partial charge in [-0.15, -0.1) is 5.10 Å². The lowest BCUT2D eigenvalue weighted by Crippen LogP contribution is -2.41. The van der Waals surface area contributed by atoms with Crippen LogP contribution in [-0.4, -0.2) is 27.4 Å². The van der Waals surface area contributed by atoms with Crippen molar-refractivity contribution >= 4 is 18.2 Å². The Bertz CT molecular complexity index is 363. The first-order valence-corrected chi connectivity index (χ1v) is 5.16. The topological polar surface area (TPSA) is 36.9 Å². The molecule has 1 aromatic heterocycles. The molecule has 1 rings (SSSR count). The summed E-state index contributed by atoms with van der Waals surface area (Å²) in [5.74, 6) is 0.877. The molecule has 0 radical (unpaired) electrons. The first kappa shape index (κ1) is 11.2. The van der Waals surface area contributed by atoms with Crippen LogP contribution in [0.2, 0.25) is 0 Å². The zero-order chi connectivity index (χ0) is 10.9. The van der Waals surface area contributed by atoms with Gasteiger partial charge in [0.25, 0.3) is 0 Å². The van der Waals surface area contributed by atoms with Crippen LogP contribution in [0.1, 0.15) is 27.2 Å². The average Bonchev–Trinajstić information content (AvgIpc) is 2.47. The number of H-pyrrole nitrogens is 1. The molecule has 1 aromatic rings. The van der Waals surface area contributed by atoms with Crippen molar-refractivity contribution in [1.82, 2.24) is 14.8 Å². The van der Waals surface area contributed by atoms with Crippen molar-refractivity contribution in [2.75, 3.05) is 11.9 Å². The Labute approximate surface area is 89.9 Å². The van der Waals surface area contributed by atoms with E-state index in [0.717, 1.165) is 12.4 Å². The summed E-state index contributed by atoms with van der Waals surface area (Å²) in [5, 5.41) is 6.99. The van der Waals surface area contributed by atoms with Gasteiger partial charge in [0.05, 0.1) is 0 Å². The molecule has 0 aliphatic carbocycles. The molecule has 0 saturated heterocycles. The summed E-state index contributed by atoms with van der Waals surface area (Å²) in [6, 6.07) is 0. The largest absolute Gasteiger partial charge is 0.339 e. The Balaban J connectivity index is 3.06. The van der Waals surface area contributed by atoms with E-state index < -0.39 is 0 Å². The van der Waals surface area contributed by atoms with E-state index in [1.807, 2.05) is 18.7 Å². The number of anilines is 1. The third-order valence-corrected chi connectivity index (χ3v) is 3.29. The van der Waals surface area contributed by atoms with Crippen molar-refractivity contribution < 1.29 is 0 Å². The number of hydrogen-bond donors (Lipinski definition) is 1. The molecular weight excluding hydrogens is 196 g/mol. The fraction of sp³-hybridized carbons (Fsp3) is 0.778. The number of nitrogens with one attached hydrogen (secondary N) is 1. The molecule has 0 spiro atoms. The third-order valence-electron chi connectivity index (χ3n) is 2.93. The number of rotatable bonds is 3. The molecule has 1 N–H and O–H groups in total. The molecule has 0 aliphatic rings. The number of nitrogens with zero attached hydrogens (tertiary/aromatic N) is 3. The zero-order valence-corrected chi connectivity index (χ0v) is 10.3. The van der Waals surface area contributed by atoms with Crippen molar-refractivity contribution in [1.29, 1.82) is 0 Å². The normalized spacial score (nSPS) is 11.8. The highest BCUT2D eigenvalue weighted by atomic mass is 32.1. The highest BCUT2D eigenvalue weighted by Gasteiger charge is 2.24. The predicted molar refractivity (Wildman–Crippen MR) is 61.2 cm³/mol. The lowest BCUT2D eigenvalue weighted by Gasteiger charge is -2.35. The highest BCUT2D eigenvalue weighted by molar-refractivity contribution is 7.71. The maximum atomic E-state index is 5.07. The first-order valence-electron chi connectivity index (χ1n) is 4.75. The van der Waals surface area contributed by atoms with Crippen LogP contribution in [0.3, 0.4) is 0 Å². The van der Waals surface area contributed by atoms with Gasteiger partial charge in [-0.1, -0.05) is 6.92 Å². The summed E-state index contributed by atoms with van der Waals surface area (Å²) in [7, 11) is 3.96. The summed E-state index contributed by atoms with van der Waals surface area (Å²) in [6.07, 6.45) is 1.06. The molecule has 0 saturated carbocycles. The monoisotopic (exact) mass is 214 g/mol. The minimum atomic E-state index is 0.0920. The van der Waals surface area contributed by atoms with Crippen LogP contribution in [0.5, 0.6) is 0 Å². The van der Waals surface area contributed by atoms with Crippen molar-refractivity contribution in [2.45, 2.75) is 32.7 Å².